The van der Waals surface area contributed by atoms with E-state index in [-0.39, 0.29) is 26.2 Å². The van der Waals surface area contributed by atoms with Crippen LogP contribution in [0.25, 0.3) is 0 Å². The van der Waals surface area contributed by atoms with Gasteiger partial charge in [0.25, 0.3) is 0 Å². The molecule has 0 aromatic heterocycles. The van der Waals surface area contributed by atoms with Gasteiger partial charge in [0, 0.05) is 26.2 Å². The first-order chi connectivity index (χ1) is 5.47. The van der Waals surface area contributed by atoms with Crippen molar-refractivity contribution in [2.24, 2.45) is 0 Å². The summed E-state index contributed by atoms with van der Waals surface area (Å²) in [5.74, 6) is 0. The van der Waals surface area contributed by atoms with E-state index in [0.717, 1.165) is 0 Å². The summed E-state index contributed by atoms with van der Waals surface area (Å²) in [7, 11) is 0. The molecule has 0 N–H and O–H groups in total. The second-order valence-corrected chi connectivity index (χ2v) is 2.80. The predicted octanol–water partition coefficient (Wildman–Crippen LogP) is 1.05. The number of halogens is 4. The lowest BCUT2D eigenvalue weighted by molar-refractivity contribution is -0.154. The van der Waals surface area contributed by atoms with Crippen LogP contribution in [0.5, 0.6) is 0 Å². The Morgan fingerprint density at radius 1 is 1.00 bits per heavy atom. The highest BCUT2D eigenvalue weighted by atomic mass is 19.4. The average Bonchev–Trinajstić information content (AvgIpc) is 1.91. The Morgan fingerprint density at radius 2 is 1.50 bits per heavy atom. The molecule has 0 saturated carbocycles. The maximum atomic E-state index is 12.3. The van der Waals surface area contributed by atoms with Gasteiger partial charge in [-0.25, -0.2) is 0 Å². The van der Waals surface area contributed by atoms with Crippen molar-refractivity contribution >= 4 is 0 Å². The number of rotatable bonds is 1. The fourth-order valence-corrected chi connectivity index (χ4v) is 1.14. The van der Waals surface area contributed by atoms with Crippen molar-refractivity contribution in [3.05, 3.63) is 0 Å². The Labute approximate surface area is 67.7 Å². The molecule has 6 heteroatoms. The van der Waals surface area contributed by atoms with Crippen LogP contribution in [0, 0.1) is 0 Å². The van der Waals surface area contributed by atoms with Crippen molar-refractivity contribution in [1.29, 1.82) is 0 Å². The summed E-state index contributed by atoms with van der Waals surface area (Å²) in [5, 5.41) is 0.535. The summed E-state index contributed by atoms with van der Waals surface area (Å²) in [6.45, 7) is -0.501. The summed E-state index contributed by atoms with van der Waals surface area (Å²) in [5.41, 5.74) is 0. The fraction of sp³-hybridized carbons (Fsp3) is 1.00. The van der Waals surface area contributed by atoms with Crippen LogP contribution in [0.3, 0.4) is 0 Å². The topological polar surface area (TPSA) is 6.48 Å². The van der Waals surface area contributed by atoms with E-state index in [4.69, 9.17) is 0 Å². The highest BCUT2D eigenvalue weighted by Crippen LogP contribution is 2.17. The van der Waals surface area contributed by atoms with Crippen molar-refractivity contribution in [3.63, 3.8) is 0 Å². The van der Waals surface area contributed by atoms with Gasteiger partial charge in [0.05, 0.1) is 6.54 Å². The van der Waals surface area contributed by atoms with Crippen molar-refractivity contribution in [2.45, 2.75) is 6.18 Å². The van der Waals surface area contributed by atoms with Gasteiger partial charge in [-0.3, -0.25) is 4.90 Å². The lowest BCUT2D eigenvalue weighted by atomic mass is 10.3. The molecule has 0 spiro atoms. The van der Waals surface area contributed by atoms with E-state index < -0.39 is 12.7 Å². The number of hydrogen-bond acceptors (Lipinski definition) is 2. The van der Waals surface area contributed by atoms with E-state index in [9.17, 15) is 17.7 Å². The minimum atomic E-state index is -4.17. The van der Waals surface area contributed by atoms with Crippen LogP contribution in [0.2, 0.25) is 0 Å². The zero-order valence-electron chi connectivity index (χ0n) is 6.44. The van der Waals surface area contributed by atoms with E-state index in [1.807, 2.05) is 0 Å². The van der Waals surface area contributed by atoms with Crippen molar-refractivity contribution in [3.8, 4) is 0 Å². The fourth-order valence-electron chi connectivity index (χ4n) is 1.14. The number of piperazine rings is 1. The lowest BCUT2D eigenvalue weighted by Gasteiger charge is -2.30. The Bertz CT molecular complexity index is 139. The van der Waals surface area contributed by atoms with Gasteiger partial charge < -0.3 is 0 Å². The summed E-state index contributed by atoms with van der Waals surface area (Å²) >= 11 is 0. The van der Waals surface area contributed by atoms with E-state index >= 15 is 0 Å². The normalized spacial score (nSPS) is 23.0. The van der Waals surface area contributed by atoms with Gasteiger partial charge in [-0.15, -0.1) is 9.60 Å². The minimum Gasteiger partial charge on any atom is -0.292 e. The first-order valence-corrected chi connectivity index (χ1v) is 3.67. The summed E-state index contributed by atoms with van der Waals surface area (Å²) < 4.78 is 47.7. The molecule has 12 heavy (non-hydrogen) atoms. The van der Waals surface area contributed by atoms with Gasteiger partial charge in [-0.2, -0.15) is 13.2 Å². The second kappa shape index (κ2) is 3.57. The van der Waals surface area contributed by atoms with Gasteiger partial charge >= 0.3 is 6.18 Å². The maximum Gasteiger partial charge on any atom is 0.401 e. The van der Waals surface area contributed by atoms with Crippen LogP contribution in [0.4, 0.5) is 17.7 Å². The Balaban J connectivity index is 2.26. The molecule has 0 radical (unpaired) electrons. The largest absolute Gasteiger partial charge is 0.401 e. The molecule has 0 bridgehead atoms. The Morgan fingerprint density at radius 3 is 1.92 bits per heavy atom. The molecule has 0 amide bonds. The molecule has 2 nitrogen and oxygen atoms in total. The molecule has 0 atom stereocenters. The first-order valence-electron chi connectivity index (χ1n) is 3.67. The number of hydrogen-bond donors (Lipinski definition) is 0. The molecule has 72 valence electrons. The SMILES string of the molecule is FN1CCN(CC(F)(F)F)CC1. The molecule has 0 aromatic carbocycles. The molecule has 0 unspecified atom stereocenters. The molecule has 1 saturated heterocycles. The first kappa shape index (κ1) is 9.73. The third-order valence-electron chi connectivity index (χ3n) is 1.72. The summed E-state index contributed by atoms with van der Waals surface area (Å²) in [6, 6.07) is 0. The highest BCUT2D eigenvalue weighted by Gasteiger charge is 2.31. The zero-order chi connectivity index (χ0) is 9.19. The molecule has 1 rings (SSSR count). The van der Waals surface area contributed by atoms with Gasteiger partial charge in [-0.05, 0) is 0 Å². The van der Waals surface area contributed by atoms with Crippen LogP contribution >= 0.6 is 0 Å². The maximum absolute atomic E-state index is 12.3. The predicted molar refractivity (Wildman–Crippen MR) is 35.2 cm³/mol. The standard InChI is InChI=1S/C6H10F4N2/c7-6(8,9)5-11-1-3-12(10)4-2-11/h1-5H2. The number of nitrogens with zero attached hydrogens (tertiary/aromatic N) is 2. The molecule has 0 aromatic rings. The molecule has 1 aliphatic heterocycles. The van der Waals surface area contributed by atoms with Gasteiger partial charge in [-0.1, -0.05) is 0 Å². The van der Waals surface area contributed by atoms with Gasteiger partial charge in [0.1, 0.15) is 0 Å². The van der Waals surface area contributed by atoms with Crippen LogP contribution in [0.1, 0.15) is 0 Å². The molecular weight excluding hydrogens is 176 g/mol. The third kappa shape index (κ3) is 3.36. The van der Waals surface area contributed by atoms with E-state index in [0.29, 0.717) is 5.12 Å². The summed E-state index contributed by atoms with van der Waals surface area (Å²) in [4.78, 5) is 1.20. The summed E-state index contributed by atoms with van der Waals surface area (Å²) in [6.07, 6.45) is -4.17. The van der Waals surface area contributed by atoms with E-state index in [1.54, 1.807) is 0 Å². The highest BCUT2D eigenvalue weighted by molar-refractivity contribution is 4.69. The molecular formula is C6H10F4N2. The second-order valence-electron chi connectivity index (χ2n) is 2.80. The minimum absolute atomic E-state index is 0.0656. The van der Waals surface area contributed by atoms with Crippen LogP contribution in [-0.4, -0.2) is 48.9 Å². The molecule has 1 fully saturated rings. The smallest absolute Gasteiger partial charge is 0.292 e. The van der Waals surface area contributed by atoms with Gasteiger partial charge in [0.2, 0.25) is 0 Å². The zero-order valence-corrected chi connectivity index (χ0v) is 6.44. The van der Waals surface area contributed by atoms with Crippen molar-refractivity contribution < 1.29 is 17.7 Å². The van der Waals surface area contributed by atoms with Crippen molar-refractivity contribution in [2.75, 3.05) is 32.7 Å². The van der Waals surface area contributed by atoms with E-state index in [2.05, 4.69) is 0 Å². The Kier molecular flexibility index (Phi) is 2.89. The quantitative estimate of drug-likeness (QED) is 0.446. The number of alkyl halides is 3. The van der Waals surface area contributed by atoms with Crippen LogP contribution in [-0.2, 0) is 0 Å². The molecule has 1 aliphatic rings. The van der Waals surface area contributed by atoms with Crippen LogP contribution in [0.15, 0.2) is 0 Å². The van der Waals surface area contributed by atoms with Crippen molar-refractivity contribution in [1.82, 2.24) is 10.0 Å². The van der Waals surface area contributed by atoms with Crippen LogP contribution < -0.4 is 0 Å². The van der Waals surface area contributed by atoms with Gasteiger partial charge in [0.15, 0.2) is 0 Å². The average molecular weight is 186 g/mol. The Hall–Kier alpha value is -0.360. The van der Waals surface area contributed by atoms with E-state index in [1.165, 1.54) is 4.90 Å². The lowest BCUT2D eigenvalue weighted by Crippen LogP contribution is -2.46. The molecule has 0 aliphatic carbocycles. The molecule has 1 heterocycles. The third-order valence-corrected chi connectivity index (χ3v) is 1.72. The monoisotopic (exact) mass is 186 g/mol.